The third-order valence-corrected chi connectivity index (χ3v) is 4.21. The number of hydrogen-bond acceptors (Lipinski definition) is 6. The Bertz CT molecular complexity index is 722. The Morgan fingerprint density at radius 2 is 2.23 bits per heavy atom. The lowest BCUT2D eigenvalue weighted by atomic mass is 10.1. The van der Waals surface area contributed by atoms with Gasteiger partial charge in [-0.3, -0.25) is 10.1 Å². The van der Waals surface area contributed by atoms with Gasteiger partial charge in [-0.1, -0.05) is 11.8 Å². The molecule has 0 N–H and O–H groups in total. The van der Waals surface area contributed by atoms with Gasteiger partial charge in [0.25, 0.3) is 10.7 Å². The van der Waals surface area contributed by atoms with Crippen molar-refractivity contribution in [3.8, 4) is 5.75 Å². The van der Waals surface area contributed by atoms with E-state index in [-0.39, 0.29) is 19.1 Å². The molecule has 1 aromatic heterocycles. The fourth-order valence-electron chi connectivity index (χ4n) is 2.17. The normalized spacial score (nSPS) is 13.3. The minimum Gasteiger partial charge on any atom is -0.618 e. The fraction of sp³-hybridized carbons (Fsp3) is 0.214. The van der Waals surface area contributed by atoms with Gasteiger partial charge in [0.2, 0.25) is 0 Å². The van der Waals surface area contributed by atoms with Crippen molar-refractivity contribution in [2.75, 3.05) is 6.79 Å². The van der Waals surface area contributed by atoms with Crippen LogP contribution in [0, 0.1) is 15.3 Å². The number of ether oxygens (including phenoxy) is 2. The standard InChI is InChI=1S/C14H12N2O5S/c17-15-4-2-1-3-13(15)22-8-11-6-12(16(18)19)5-10-7-20-9-21-14(10)11/h1-6H,7-9H2. The van der Waals surface area contributed by atoms with Crippen molar-refractivity contribution >= 4 is 17.4 Å². The zero-order valence-corrected chi connectivity index (χ0v) is 12.2. The predicted octanol–water partition coefficient (Wildman–Crippen LogP) is 2.39. The van der Waals surface area contributed by atoms with Crippen LogP contribution in [0.5, 0.6) is 5.75 Å². The first kappa shape index (κ1) is 14.6. The van der Waals surface area contributed by atoms with Gasteiger partial charge in [0.05, 0.1) is 11.5 Å². The molecular formula is C14H12N2O5S. The maximum Gasteiger partial charge on any atom is 0.270 e. The molecule has 0 aliphatic carbocycles. The molecule has 7 nitrogen and oxygen atoms in total. The van der Waals surface area contributed by atoms with Gasteiger partial charge in [-0.2, -0.15) is 4.73 Å². The molecule has 2 heterocycles. The Labute approximate surface area is 130 Å². The molecule has 1 aliphatic heterocycles. The molecule has 0 fully saturated rings. The molecule has 114 valence electrons. The Morgan fingerprint density at radius 1 is 1.36 bits per heavy atom. The summed E-state index contributed by atoms with van der Waals surface area (Å²) in [7, 11) is 0. The average molecular weight is 320 g/mol. The SMILES string of the molecule is O=[N+]([O-])c1cc2c(c(CSc3cccc[n+]3[O-])c1)OCOC2. The van der Waals surface area contributed by atoms with Crippen LogP contribution in [0.1, 0.15) is 11.1 Å². The average Bonchev–Trinajstić information content (AvgIpc) is 2.53. The number of non-ortho nitro benzene ring substituents is 1. The number of benzene rings is 1. The fourth-order valence-corrected chi connectivity index (χ4v) is 3.05. The summed E-state index contributed by atoms with van der Waals surface area (Å²) in [4.78, 5) is 10.6. The molecular weight excluding hydrogens is 308 g/mol. The van der Waals surface area contributed by atoms with Crippen molar-refractivity contribution < 1.29 is 19.1 Å². The zero-order valence-electron chi connectivity index (χ0n) is 11.4. The molecule has 0 amide bonds. The minimum absolute atomic E-state index is 0.00786. The molecule has 2 aromatic rings. The highest BCUT2D eigenvalue weighted by Gasteiger charge is 2.21. The van der Waals surface area contributed by atoms with Gasteiger partial charge in [0.1, 0.15) is 5.75 Å². The Kier molecular flexibility index (Phi) is 4.12. The lowest BCUT2D eigenvalue weighted by Crippen LogP contribution is -2.27. The van der Waals surface area contributed by atoms with Crippen LogP contribution in [0.2, 0.25) is 0 Å². The number of fused-ring (bicyclic) bond motifs is 1. The third kappa shape index (κ3) is 2.97. The van der Waals surface area contributed by atoms with Crippen LogP contribution >= 0.6 is 11.8 Å². The largest absolute Gasteiger partial charge is 0.618 e. The van der Waals surface area contributed by atoms with E-state index in [1.165, 1.54) is 30.1 Å². The highest BCUT2D eigenvalue weighted by molar-refractivity contribution is 7.98. The molecule has 22 heavy (non-hydrogen) atoms. The van der Waals surface area contributed by atoms with E-state index in [2.05, 4.69) is 0 Å². The number of aromatic nitrogens is 1. The number of nitro groups is 1. The van der Waals surface area contributed by atoms with Crippen molar-refractivity contribution in [3.05, 3.63) is 63.0 Å². The highest BCUT2D eigenvalue weighted by atomic mass is 32.2. The maximum atomic E-state index is 11.6. The van der Waals surface area contributed by atoms with E-state index in [4.69, 9.17) is 9.47 Å². The quantitative estimate of drug-likeness (QED) is 0.282. The Balaban J connectivity index is 1.90. The summed E-state index contributed by atoms with van der Waals surface area (Å²) >= 11 is 1.30. The first-order chi connectivity index (χ1) is 10.6. The van der Waals surface area contributed by atoms with Gasteiger partial charge in [-0.15, -0.1) is 0 Å². The topological polar surface area (TPSA) is 88.5 Å². The zero-order chi connectivity index (χ0) is 15.5. The van der Waals surface area contributed by atoms with Crippen LogP contribution in [0.3, 0.4) is 0 Å². The summed E-state index contributed by atoms with van der Waals surface area (Å²) in [6, 6.07) is 8.05. The van der Waals surface area contributed by atoms with Crippen molar-refractivity contribution in [1.29, 1.82) is 0 Å². The summed E-state index contributed by atoms with van der Waals surface area (Å²) in [6.45, 7) is 0.400. The van der Waals surface area contributed by atoms with Crippen molar-refractivity contribution in [2.45, 2.75) is 17.4 Å². The third-order valence-electron chi connectivity index (χ3n) is 3.15. The number of nitro benzene ring substituents is 1. The smallest absolute Gasteiger partial charge is 0.270 e. The number of pyridine rings is 1. The van der Waals surface area contributed by atoms with Gasteiger partial charge >= 0.3 is 0 Å². The molecule has 0 atom stereocenters. The summed E-state index contributed by atoms with van der Waals surface area (Å²) in [5, 5.41) is 23.2. The van der Waals surface area contributed by atoms with Crippen LogP contribution < -0.4 is 9.47 Å². The van der Waals surface area contributed by atoms with Crippen molar-refractivity contribution in [2.24, 2.45) is 0 Å². The van der Waals surface area contributed by atoms with Crippen molar-refractivity contribution in [3.63, 3.8) is 0 Å². The number of hydrogen-bond donors (Lipinski definition) is 0. The molecule has 1 aliphatic rings. The Morgan fingerprint density at radius 3 is 3.00 bits per heavy atom. The molecule has 0 radical (unpaired) electrons. The second-order valence-corrected chi connectivity index (χ2v) is 5.61. The maximum absolute atomic E-state index is 11.6. The van der Waals surface area contributed by atoms with Gasteiger partial charge in [0, 0.05) is 41.1 Å². The molecule has 1 aromatic carbocycles. The van der Waals surface area contributed by atoms with Gasteiger partial charge in [0.15, 0.2) is 13.0 Å². The van der Waals surface area contributed by atoms with Gasteiger partial charge in [-0.25, -0.2) is 0 Å². The predicted molar refractivity (Wildman–Crippen MR) is 78.3 cm³/mol. The second kappa shape index (κ2) is 6.20. The van der Waals surface area contributed by atoms with E-state index in [0.29, 0.717) is 27.7 Å². The second-order valence-electron chi connectivity index (χ2n) is 4.61. The van der Waals surface area contributed by atoms with E-state index < -0.39 is 4.92 Å². The van der Waals surface area contributed by atoms with Crippen LogP contribution in [0.25, 0.3) is 0 Å². The summed E-state index contributed by atoms with van der Waals surface area (Å²) in [5.41, 5.74) is 1.33. The van der Waals surface area contributed by atoms with Crippen LogP contribution in [-0.2, 0) is 17.1 Å². The number of thioether (sulfide) groups is 1. The molecule has 0 spiro atoms. The van der Waals surface area contributed by atoms with E-state index in [1.54, 1.807) is 18.2 Å². The first-order valence-electron chi connectivity index (χ1n) is 6.47. The molecule has 0 unspecified atom stereocenters. The minimum atomic E-state index is -0.445. The Hall–Kier alpha value is -2.32. The number of nitrogens with zero attached hydrogens (tertiary/aromatic N) is 2. The monoisotopic (exact) mass is 320 g/mol. The van der Waals surface area contributed by atoms with E-state index in [9.17, 15) is 15.3 Å². The number of rotatable bonds is 4. The van der Waals surface area contributed by atoms with Crippen LogP contribution in [0.4, 0.5) is 5.69 Å². The lowest BCUT2D eigenvalue weighted by molar-refractivity contribution is -0.645. The van der Waals surface area contributed by atoms with Gasteiger partial charge < -0.3 is 14.7 Å². The molecule has 3 rings (SSSR count). The molecule has 0 bridgehead atoms. The molecule has 8 heteroatoms. The summed E-state index contributed by atoms with van der Waals surface area (Å²) in [6.07, 6.45) is 1.41. The summed E-state index contributed by atoms with van der Waals surface area (Å²) in [5.74, 6) is 1.01. The lowest BCUT2D eigenvalue weighted by Gasteiger charge is -2.20. The van der Waals surface area contributed by atoms with Crippen molar-refractivity contribution in [1.82, 2.24) is 0 Å². The van der Waals surface area contributed by atoms with Crippen LogP contribution in [-0.4, -0.2) is 11.7 Å². The first-order valence-corrected chi connectivity index (χ1v) is 7.45. The van der Waals surface area contributed by atoms with Crippen LogP contribution in [0.15, 0.2) is 41.6 Å². The molecule has 0 saturated carbocycles. The summed E-state index contributed by atoms with van der Waals surface area (Å²) < 4.78 is 11.4. The van der Waals surface area contributed by atoms with Gasteiger partial charge in [-0.05, 0) is 6.07 Å². The van der Waals surface area contributed by atoms with E-state index in [1.807, 2.05) is 0 Å². The van der Waals surface area contributed by atoms with E-state index in [0.717, 1.165) is 4.73 Å². The molecule has 0 saturated heterocycles. The highest BCUT2D eigenvalue weighted by Crippen LogP contribution is 2.35. The van der Waals surface area contributed by atoms with E-state index >= 15 is 0 Å².